The Balaban J connectivity index is 1.32. The van der Waals surface area contributed by atoms with Crippen LogP contribution in [0.15, 0.2) is 12.4 Å². The van der Waals surface area contributed by atoms with Crippen molar-refractivity contribution in [3.63, 3.8) is 0 Å². The minimum Gasteiger partial charge on any atom is -0.359 e. The van der Waals surface area contributed by atoms with Gasteiger partial charge in [-0.15, -0.1) is 33.4 Å². The molecule has 0 aromatic carbocycles. The van der Waals surface area contributed by atoms with E-state index in [2.05, 4.69) is 33.2 Å². The van der Waals surface area contributed by atoms with Gasteiger partial charge in [-0.3, -0.25) is 27.4 Å². The van der Waals surface area contributed by atoms with Crippen molar-refractivity contribution in [2.45, 2.75) is 119 Å². The summed E-state index contributed by atoms with van der Waals surface area (Å²) in [7, 11) is -25.9. The zero-order chi connectivity index (χ0) is 48.2. The van der Waals surface area contributed by atoms with Crippen molar-refractivity contribution in [2.24, 2.45) is 5.92 Å². The lowest BCUT2D eigenvalue weighted by molar-refractivity contribution is -0.274. The molecule has 0 spiro atoms. The highest BCUT2D eigenvalue weighted by Crippen LogP contribution is 2.44. The predicted molar refractivity (Wildman–Crippen MR) is 207 cm³/mol. The summed E-state index contributed by atoms with van der Waals surface area (Å²) in [6, 6.07) is 0. The summed E-state index contributed by atoms with van der Waals surface area (Å²) in [5.74, 6) is -1.48. The molecule has 2 aromatic heterocycles. The summed E-state index contributed by atoms with van der Waals surface area (Å²) < 4.78 is 218. The van der Waals surface area contributed by atoms with E-state index in [0.717, 1.165) is 0 Å². The average molecular weight is 1080 g/mol. The predicted octanol–water partition coefficient (Wildman–Crippen LogP) is -1.56. The number of hydrogen-bond acceptors (Lipinski definition) is 24. The quantitative estimate of drug-likeness (QED) is 0.0586. The van der Waals surface area contributed by atoms with Gasteiger partial charge in [0.2, 0.25) is 0 Å². The van der Waals surface area contributed by atoms with E-state index in [1.165, 1.54) is 21.8 Å². The summed E-state index contributed by atoms with van der Waals surface area (Å²) in [5, 5.41) is 14.5. The van der Waals surface area contributed by atoms with E-state index in [1.807, 2.05) is 0 Å². The van der Waals surface area contributed by atoms with E-state index in [4.69, 9.17) is 59.8 Å². The van der Waals surface area contributed by atoms with Crippen LogP contribution in [0.25, 0.3) is 0 Å². The van der Waals surface area contributed by atoms with Crippen molar-refractivity contribution in [2.75, 3.05) is 19.1 Å². The van der Waals surface area contributed by atoms with E-state index < -0.39 is 156 Å². The molecular weight excluding hydrogens is 1040 g/mol. The molecule has 374 valence electrons. The van der Waals surface area contributed by atoms with Crippen LogP contribution in [0.4, 0.5) is 0 Å². The molecule has 3 fully saturated rings. The molecular formula is C27H42Cl2N6O25S5. The first-order valence-electron chi connectivity index (χ1n) is 18.4. The molecule has 2 saturated heterocycles. The minimum atomic E-state index is -5.28. The van der Waals surface area contributed by atoms with Gasteiger partial charge in [-0.05, 0) is 19.8 Å². The molecule has 31 nitrogen and oxygen atoms in total. The monoisotopic (exact) mass is 1080 g/mol. The Labute approximate surface area is 380 Å². The Morgan fingerprint density at radius 1 is 0.754 bits per heavy atom. The number of nitrogens with zero attached hydrogens (tertiary/aromatic N) is 6. The third-order valence-electron chi connectivity index (χ3n) is 9.50. The first kappa shape index (κ1) is 54.0. The molecule has 1 unspecified atom stereocenters. The van der Waals surface area contributed by atoms with Crippen LogP contribution >= 0.6 is 23.2 Å². The highest BCUT2D eigenvalue weighted by molar-refractivity contribution is 7.81. The molecule has 5 rings (SSSR count). The SMILES string of the molecule is CCOCn1cc(C[C@H]2O[C@H](OCc3cn(C[C@H]4C[C@@](CCl)(OC5O[C@H](COS(=O)(=O)O)[C@H](Cl)C[C@H]5OS(=O)(=O)O)C[C@@H]4OS(=O)(=O)O)nn3)C[C@@H](OS(=O)(=O)O)[C@@H]2OS(=O)(=O)O)nn1. The molecule has 65 heavy (non-hydrogen) atoms. The fourth-order valence-corrected chi connectivity index (χ4v) is 10.1. The number of aromatic nitrogens is 6. The Bertz CT molecular complexity index is 2480. The van der Waals surface area contributed by atoms with Crippen LogP contribution in [0.2, 0.25) is 0 Å². The Morgan fingerprint density at radius 3 is 1.97 bits per heavy atom. The maximum atomic E-state index is 11.9. The van der Waals surface area contributed by atoms with Gasteiger partial charge in [0.05, 0.1) is 60.4 Å². The van der Waals surface area contributed by atoms with Crippen LogP contribution in [0.3, 0.4) is 0 Å². The van der Waals surface area contributed by atoms with Gasteiger partial charge in [-0.25, -0.2) is 25.6 Å². The van der Waals surface area contributed by atoms with E-state index in [9.17, 15) is 60.3 Å². The fraction of sp³-hybridized carbons (Fsp3) is 0.852. The van der Waals surface area contributed by atoms with Crippen molar-refractivity contribution in [1.29, 1.82) is 0 Å². The van der Waals surface area contributed by atoms with Gasteiger partial charge in [0, 0.05) is 38.3 Å². The molecule has 38 heteroatoms. The lowest BCUT2D eigenvalue weighted by Crippen LogP contribution is -2.53. The van der Waals surface area contributed by atoms with Crippen molar-refractivity contribution in [1.82, 2.24) is 30.0 Å². The molecule has 3 aliphatic rings. The standard InChI is InChI=1S/C27H42Cl2N6O25S5/c1-2-51-14-35-9-16(30-33-35)3-19-25(60-65(48,49)50)20(57-62(39,40)41)5-24(54-19)52-11-17-10-34(32-31-17)8-15-6-27(13-28,7-22(15)59-64(45,46)47)56-26-21(58-63(42,43)44)4-18(29)23(55-26)12-53-61(36,37)38/h9-10,15,18-26H,2-8,11-14H2,1H3,(H,36,37,38)(H,39,40,41)(H,42,43,44)(H,45,46,47)(H,48,49,50)/t15-,18-,19-,20-,21-,22+,23-,24+,25-,26?,27-/m1/s1. The number of rotatable bonds is 24. The number of ether oxygens (including phenoxy) is 5. The summed E-state index contributed by atoms with van der Waals surface area (Å²) in [6.45, 7) is 0.418. The summed E-state index contributed by atoms with van der Waals surface area (Å²) in [6.07, 6.45) is -12.6. The molecule has 2 aliphatic heterocycles. The van der Waals surface area contributed by atoms with Crippen molar-refractivity contribution < 1.29 is 109 Å². The second-order valence-corrected chi connectivity index (χ2v) is 20.6. The maximum absolute atomic E-state index is 11.9. The van der Waals surface area contributed by atoms with E-state index >= 15 is 0 Å². The molecule has 2 aromatic rings. The molecule has 1 aliphatic carbocycles. The number of hydrogen-bond donors (Lipinski definition) is 5. The summed E-state index contributed by atoms with van der Waals surface area (Å²) in [4.78, 5) is 0. The highest BCUT2D eigenvalue weighted by atomic mass is 35.5. The number of alkyl halides is 2. The van der Waals surface area contributed by atoms with E-state index in [1.54, 1.807) is 6.92 Å². The van der Waals surface area contributed by atoms with Gasteiger partial charge in [-0.2, -0.15) is 42.1 Å². The Morgan fingerprint density at radius 2 is 1.35 bits per heavy atom. The van der Waals surface area contributed by atoms with Gasteiger partial charge in [0.1, 0.15) is 36.8 Å². The maximum Gasteiger partial charge on any atom is 0.397 e. The number of halogens is 2. The van der Waals surface area contributed by atoms with Crippen LogP contribution in [-0.2, 0) is 123 Å². The van der Waals surface area contributed by atoms with Gasteiger partial charge >= 0.3 is 52.0 Å². The second-order valence-electron chi connectivity index (χ2n) is 14.4. The Kier molecular flexibility index (Phi) is 18.1. The molecule has 4 heterocycles. The second kappa shape index (κ2) is 21.8. The fourth-order valence-electron chi connectivity index (χ4n) is 7.11. The molecule has 1 saturated carbocycles. The first-order valence-corrected chi connectivity index (χ1v) is 26.2. The van der Waals surface area contributed by atoms with Gasteiger partial charge in [0.25, 0.3) is 0 Å². The third kappa shape index (κ3) is 17.5. The van der Waals surface area contributed by atoms with Crippen LogP contribution < -0.4 is 0 Å². The largest absolute Gasteiger partial charge is 0.397 e. The van der Waals surface area contributed by atoms with Crippen molar-refractivity contribution in [3.8, 4) is 0 Å². The van der Waals surface area contributed by atoms with Crippen LogP contribution in [-0.4, -0.2) is 174 Å². The first-order chi connectivity index (χ1) is 30.0. The lowest BCUT2D eigenvalue weighted by Gasteiger charge is -2.41. The molecule has 11 atom stereocenters. The van der Waals surface area contributed by atoms with Crippen LogP contribution in [0.5, 0.6) is 0 Å². The zero-order valence-corrected chi connectivity index (χ0v) is 38.7. The van der Waals surface area contributed by atoms with Crippen molar-refractivity contribution in [3.05, 3.63) is 23.8 Å². The molecule has 0 radical (unpaired) electrons. The molecule has 0 amide bonds. The van der Waals surface area contributed by atoms with Gasteiger partial charge in [0.15, 0.2) is 12.6 Å². The minimum absolute atomic E-state index is 0.0158. The van der Waals surface area contributed by atoms with E-state index in [0.29, 0.717) is 6.61 Å². The van der Waals surface area contributed by atoms with Crippen molar-refractivity contribution >= 4 is 75.2 Å². The zero-order valence-electron chi connectivity index (χ0n) is 33.1. The third-order valence-corrected chi connectivity index (χ3v) is 12.8. The molecule has 0 bridgehead atoms. The summed E-state index contributed by atoms with van der Waals surface area (Å²) >= 11 is 12.6. The van der Waals surface area contributed by atoms with E-state index in [-0.39, 0.29) is 37.5 Å². The lowest BCUT2D eigenvalue weighted by atomic mass is 9.98. The summed E-state index contributed by atoms with van der Waals surface area (Å²) in [5.41, 5.74) is -1.51. The Hall–Kier alpha value is -1.99. The average Bonchev–Trinajstić information content (AvgIpc) is 3.88. The smallest absolute Gasteiger partial charge is 0.359 e. The van der Waals surface area contributed by atoms with Crippen LogP contribution in [0, 0.1) is 5.92 Å². The normalized spacial score (nSPS) is 30.8. The van der Waals surface area contributed by atoms with Gasteiger partial charge < -0.3 is 23.7 Å². The van der Waals surface area contributed by atoms with Gasteiger partial charge in [-0.1, -0.05) is 10.4 Å². The topological polar surface area (TPSA) is 426 Å². The molecule has 5 N–H and O–H groups in total. The van der Waals surface area contributed by atoms with Crippen LogP contribution in [0.1, 0.15) is 44.0 Å². The highest BCUT2D eigenvalue weighted by Gasteiger charge is 2.53.